The number of piperidine rings is 2. The van der Waals surface area contributed by atoms with Gasteiger partial charge in [-0.1, -0.05) is 60.2 Å². The first-order valence-electron chi connectivity index (χ1n) is 12.9. The summed E-state index contributed by atoms with van der Waals surface area (Å²) in [6.07, 6.45) is 4.53. The standard InChI is InChI=1S/C28H39N3O4S/c1-22-8-10-23(11-9-22)20-24-12-16-30(17-13-24)27(32)26(29-21-25-6-4-3-5-7-25)28(33)14-18-31(19-15-28)36(2,34)35/h3-11,24,26,29,33H,12-21H2,1-2H3. The molecule has 2 N–H and O–H groups in total. The van der Waals surface area contributed by atoms with Crippen molar-refractivity contribution in [1.29, 1.82) is 0 Å². The number of rotatable bonds is 8. The maximum atomic E-state index is 13.8. The fraction of sp³-hybridized carbons (Fsp3) is 0.536. The summed E-state index contributed by atoms with van der Waals surface area (Å²) in [6, 6.07) is 17.7. The molecule has 0 radical (unpaired) electrons. The predicted octanol–water partition coefficient (Wildman–Crippen LogP) is 2.72. The molecule has 4 rings (SSSR count). The second-order valence-corrected chi connectivity index (χ2v) is 12.5. The van der Waals surface area contributed by atoms with Crippen LogP contribution in [-0.4, -0.2) is 72.7 Å². The molecule has 0 aliphatic carbocycles. The van der Waals surface area contributed by atoms with Crippen LogP contribution in [0.2, 0.25) is 0 Å². The Kier molecular flexibility index (Phi) is 8.50. The molecule has 2 aliphatic rings. The van der Waals surface area contributed by atoms with Crippen LogP contribution in [0.4, 0.5) is 0 Å². The van der Waals surface area contributed by atoms with Gasteiger partial charge in [-0.05, 0) is 56.1 Å². The molecule has 2 fully saturated rings. The summed E-state index contributed by atoms with van der Waals surface area (Å²) in [4.78, 5) is 15.7. The molecule has 0 saturated carbocycles. The minimum atomic E-state index is -3.33. The number of carbonyl (C=O) groups excluding carboxylic acids is 1. The van der Waals surface area contributed by atoms with E-state index in [0.29, 0.717) is 25.6 Å². The number of benzene rings is 2. The first-order chi connectivity index (χ1) is 17.1. The lowest BCUT2D eigenvalue weighted by Crippen LogP contribution is -2.63. The van der Waals surface area contributed by atoms with Crippen LogP contribution in [0.3, 0.4) is 0 Å². The van der Waals surface area contributed by atoms with Crippen LogP contribution in [0.5, 0.6) is 0 Å². The molecule has 1 amide bonds. The molecule has 1 unspecified atom stereocenters. The molecule has 2 saturated heterocycles. The zero-order valence-electron chi connectivity index (χ0n) is 21.4. The number of hydrogen-bond acceptors (Lipinski definition) is 5. The molecule has 196 valence electrons. The first-order valence-corrected chi connectivity index (χ1v) is 14.8. The predicted molar refractivity (Wildman–Crippen MR) is 142 cm³/mol. The summed E-state index contributed by atoms with van der Waals surface area (Å²) >= 11 is 0. The van der Waals surface area contributed by atoms with E-state index in [0.717, 1.165) is 24.8 Å². The van der Waals surface area contributed by atoms with E-state index in [2.05, 4.69) is 36.5 Å². The SMILES string of the molecule is Cc1ccc(CC2CCN(C(=O)C(NCc3ccccc3)C3(O)CCN(S(C)(=O)=O)CC3)CC2)cc1. The lowest BCUT2D eigenvalue weighted by atomic mass is 9.83. The molecular weight excluding hydrogens is 474 g/mol. The normalized spacial score (nSPS) is 20.2. The average Bonchev–Trinajstić information content (AvgIpc) is 2.86. The van der Waals surface area contributed by atoms with Gasteiger partial charge >= 0.3 is 0 Å². The van der Waals surface area contributed by atoms with Crippen LogP contribution in [0, 0.1) is 12.8 Å². The van der Waals surface area contributed by atoms with Crippen molar-refractivity contribution < 1.29 is 18.3 Å². The van der Waals surface area contributed by atoms with Gasteiger partial charge < -0.3 is 10.0 Å². The third-order valence-corrected chi connectivity index (χ3v) is 9.07. The zero-order valence-corrected chi connectivity index (χ0v) is 22.2. The molecule has 0 spiro atoms. The van der Waals surface area contributed by atoms with Crippen molar-refractivity contribution in [3.8, 4) is 0 Å². The number of sulfonamides is 1. The molecule has 2 aliphatic heterocycles. The van der Waals surface area contributed by atoms with Crippen molar-refractivity contribution in [2.75, 3.05) is 32.4 Å². The highest BCUT2D eigenvalue weighted by molar-refractivity contribution is 7.88. The number of nitrogens with one attached hydrogen (secondary N) is 1. The Morgan fingerprint density at radius 1 is 1.00 bits per heavy atom. The Balaban J connectivity index is 1.42. The van der Waals surface area contributed by atoms with E-state index in [1.165, 1.54) is 21.7 Å². The van der Waals surface area contributed by atoms with E-state index in [1.54, 1.807) is 0 Å². The van der Waals surface area contributed by atoms with Gasteiger partial charge in [-0.25, -0.2) is 12.7 Å². The lowest BCUT2D eigenvalue weighted by Gasteiger charge is -2.44. The first kappa shape index (κ1) is 26.8. The van der Waals surface area contributed by atoms with Gasteiger partial charge in [0.2, 0.25) is 15.9 Å². The van der Waals surface area contributed by atoms with Gasteiger partial charge in [0.05, 0.1) is 11.9 Å². The molecule has 8 heteroatoms. The minimum absolute atomic E-state index is 0.0879. The Hall–Kier alpha value is -2.26. The summed E-state index contributed by atoms with van der Waals surface area (Å²) < 4.78 is 25.4. The number of aliphatic hydroxyl groups is 1. The number of carbonyl (C=O) groups is 1. The molecule has 7 nitrogen and oxygen atoms in total. The van der Waals surface area contributed by atoms with Crippen LogP contribution in [0.15, 0.2) is 54.6 Å². The summed E-state index contributed by atoms with van der Waals surface area (Å²) in [5.41, 5.74) is 2.32. The van der Waals surface area contributed by atoms with Crippen molar-refractivity contribution in [3.63, 3.8) is 0 Å². The minimum Gasteiger partial charge on any atom is -0.388 e. The molecule has 36 heavy (non-hydrogen) atoms. The van der Waals surface area contributed by atoms with Crippen LogP contribution in [0.1, 0.15) is 42.4 Å². The Morgan fingerprint density at radius 3 is 2.19 bits per heavy atom. The summed E-state index contributed by atoms with van der Waals surface area (Å²) in [5, 5.41) is 15.0. The van der Waals surface area contributed by atoms with E-state index in [-0.39, 0.29) is 31.8 Å². The third kappa shape index (κ3) is 6.73. The third-order valence-electron chi connectivity index (χ3n) is 7.77. The van der Waals surface area contributed by atoms with Crippen molar-refractivity contribution in [2.45, 2.75) is 57.2 Å². The Labute approximate surface area is 215 Å². The highest BCUT2D eigenvalue weighted by Crippen LogP contribution is 2.30. The molecule has 0 aromatic heterocycles. The van der Waals surface area contributed by atoms with Crippen LogP contribution in [-0.2, 0) is 27.8 Å². The van der Waals surface area contributed by atoms with E-state index in [4.69, 9.17) is 0 Å². The van der Waals surface area contributed by atoms with E-state index in [1.807, 2.05) is 35.2 Å². The van der Waals surface area contributed by atoms with Crippen LogP contribution < -0.4 is 5.32 Å². The molecule has 2 aromatic rings. The number of likely N-dealkylation sites (tertiary alicyclic amines) is 1. The highest BCUT2D eigenvalue weighted by Gasteiger charge is 2.46. The smallest absolute Gasteiger partial charge is 0.242 e. The maximum Gasteiger partial charge on any atom is 0.242 e. The molecule has 1 atom stereocenters. The highest BCUT2D eigenvalue weighted by atomic mass is 32.2. The average molecular weight is 514 g/mol. The lowest BCUT2D eigenvalue weighted by molar-refractivity contribution is -0.145. The van der Waals surface area contributed by atoms with Gasteiger partial charge in [-0.15, -0.1) is 0 Å². The summed E-state index contributed by atoms with van der Waals surface area (Å²) in [5.74, 6) is 0.448. The van der Waals surface area contributed by atoms with Crippen LogP contribution in [0.25, 0.3) is 0 Å². The largest absolute Gasteiger partial charge is 0.388 e. The quantitative estimate of drug-likeness (QED) is 0.567. The van der Waals surface area contributed by atoms with E-state index in [9.17, 15) is 18.3 Å². The van der Waals surface area contributed by atoms with Gasteiger partial charge in [0.25, 0.3) is 0 Å². The topological polar surface area (TPSA) is 90.0 Å². The molecule has 2 heterocycles. The van der Waals surface area contributed by atoms with Gasteiger partial charge in [-0.2, -0.15) is 0 Å². The van der Waals surface area contributed by atoms with E-state index < -0.39 is 21.7 Å². The maximum absolute atomic E-state index is 13.8. The van der Waals surface area contributed by atoms with Gasteiger partial charge in [-0.3, -0.25) is 10.1 Å². The Morgan fingerprint density at radius 2 is 1.61 bits per heavy atom. The monoisotopic (exact) mass is 513 g/mol. The number of aryl methyl sites for hydroxylation is 1. The van der Waals surface area contributed by atoms with Gasteiger partial charge in [0, 0.05) is 32.7 Å². The van der Waals surface area contributed by atoms with Crippen LogP contribution >= 0.6 is 0 Å². The molecule has 2 aromatic carbocycles. The fourth-order valence-electron chi connectivity index (χ4n) is 5.41. The zero-order chi connectivity index (χ0) is 25.8. The molecule has 0 bridgehead atoms. The summed E-state index contributed by atoms with van der Waals surface area (Å²) in [6.45, 7) is 4.32. The molecular formula is C28H39N3O4S. The van der Waals surface area contributed by atoms with Gasteiger partial charge in [0.15, 0.2) is 0 Å². The fourth-order valence-corrected chi connectivity index (χ4v) is 6.26. The van der Waals surface area contributed by atoms with Crippen molar-refractivity contribution >= 4 is 15.9 Å². The number of hydrogen-bond donors (Lipinski definition) is 2. The number of amides is 1. The van der Waals surface area contributed by atoms with E-state index >= 15 is 0 Å². The number of nitrogens with zero attached hydrogens (tertiary/aromatic N) is 2. The summed E-state index contributed by atoms with van der Waals surface area (Å²) in [7, 11) is -3.33. The van der Waals surface area contributed by atoms with Crippen molar-refractivity contribution in [2.24, 2.45) is 5.92 Å². The van der Waals surface area contributed by atoms with Crippen molar-refractivity contribution in [3.05, 3.63) is 71.3 Å². The second-order valence-electron chi connectivity index (χ2n) is 10.5. The Bertz CT molecular complexity index is 1110. The van der Waals surface area contributed by atoms with Gasteiger partial charge in [0.1, 0.15) is 6.04 Å². The van der Waals surface area contributed by atoms with Crippen molar-refractivity contribution in [1.82, 2.24) is 14.5 Å². The second kappa shape index (κ2) is 11.4.